The highest BCUT2D eigenvalue weighted by atomic mass is 16.5. The van der Waals surface area contributed by atoms with E-state index < -0.39 is 0 Å². The fourth-order valence-corrected chi connectivity index (χ4v) is 3.34. The number of ether oxygens (including phenoxy) is 1. The molecule has 2 aromatic carbocycles. The molecule has 3 N–H and O–H groups in total. The fraction of sp³-hybridized carbons (Fsp3) is 0.238. The van der Waals surface area contributed by atoms with Crippen molar-refractivity contribution in [2.75, 3.05) is 24.7 Å². The Morgan fingerprint density at radius 3 is 2.78 bits per heavy atom. The van der Waals surface area contributed by atoms with Crippen molar-refractivity contribution >= 4 is 17.5 Å². The Kier molecular flexibility index (Phi) is 4.89. The molecule has 1 aromatic heterocycles. The molecule has 27 heavy (non-hydrogen) atoms. The SMILES string of the molecule is CN(Cc1ccccc1)Cc1cc(Nc2cccc3c2OCC3)nc(N)n1. The highest BCUT2D eigenvalue weighted by Crippen LogP contribution is 2.35. The molecule has 0 amide bonds. The van der Waals surface area contributed by atoms with Crippen molar-refractivity contribution in [3.05, 3.63) is 71.4 Å². The van der Waals surface area contributed by atoms with Crippen LogP contribution in [0.2, 0.25) is 0 Å². The van der Waals surface area contributed by atoms with Crippen LogP contribution in [0.25, 0.3) is 0 Å². The van der Waals surface area contributed by atoms with Gasteiger partial charge in [0.2, 0.25) is 5.95 Å². The molecular weight excluding hydrogens is 338 g/mol. The number of hydrogen-bond donors (Lipinski definition) is 2. The molecule has 6 nitrogen and oxygen atoms in total. The summed E-state index contributed by atoms with van der Waals surface area (Å²) in [7, 11) is 2.07. The second-order valence-corrected chi connectivity index (χ2v) is 6.78. The molecule has 0 unspecified atom stereocenters. The van der Waals surface area contributed by atoms with E-state index in [1.807, 2.05) is 36.4 Å². The molecule has 4 rings (SSSR count). The smallest absolute Gasteiger partial charge is 0.222 e. The Morgan fingerprint density at radius 1 is 1.07 bits per heavy atom. The van der Waals surface area contributed by atoms with Crippen LogP contribution in [-0.4, -0.2) is 28.5 Å². The van der Waals surface area contributed by atoms with Crippen molar-refractivity contribution in [2.24, 2.45) is 0 Å². The first-order chi connectivity index (χ1) is 13.2. The average molecular weight is 361 g/mol. The van der Waals surface area contributed by atoms with E-state index in [2.05, 4.69) is 45.4 Å². The van der Waals surface area contributed by atoms with Crippen molar-refractivity contribution in [2.45, 2.75) is 19.5 Å². The average Bonchev–Trinajstić information content (AvgIpc) is 3.12. The molecule has 3 aromatic rings. The van der Waals surface area contributed by atoms with E-state index in [9.17, 15) is 0 Å². The molecule has 2 heterocycles. The topological polar surface area (TPSA) is 76.3 Å². The lowest BCUT2D eigenvalue weighted by atomic mass is 10.1. The van der Waals surface area contributed by atoms with Gasteiger partial charge in [0.25, 0.3) is 0 Å². The van der Waals surface area contributed by atoms with Gasteiger partial charge in [-0.25, -0.2) is 4.98 Å². The first-order valence-electron chi connectivity index (χ1n) is 9.05. The Labute approximate surface area is 159 Å². The minimum Gasteiger partial charge on any atom is -0.491 e. The maximum absolute atomic E-state index is 5.94. The lowest BCUT2D eigenvalue weighted by molar-refractivity contribution is 0.315. The molecule has 6 heteroatoms. The predicted octanol–water partition coefficient (Wildman–Crippen LogP) is 3.37. The Morgan fingerprint density at radius 2 is 1.93 bits per heavy atom. The number of nitrogens with one attached hydrogen (secondary N) is 1. The molecule has 0 radical (unpaired) electrons. The summed E-state index contributed by atoms with van der Waals surface area (Å²) >= 11 is 0. The van der Waals surface area contributed by atoms with E-state index in [4.69, 9.17) is 10.5 Å². The van der Waals surface area contributed by atoms with Crippen LogP contribution in [0.4, 0.5) is 17.5 Å². The normalized spacial score (nSPS) is 12.7. The Hall–Kier alpha value is -3.12. The van der Waals surface area contributed by atoms with Gasteiger partial charge in [-0.3, -0.25) is 4.90 Å². The van der Waals surface area contributed by atoms with Crippen LogP contribution in [0, 0.1) is 0 Å². The van der Waals surface area contributed by atoms with Crippen LogP contribution in [0.1, 0.15) is 16.8 Å². The number of anilines is 3. The summed E-state index contributed by atoms with van der Waals surface area (Å²) in [5.74, 6) is 1.84. The van der Waals surface area contributed by atoms with Crippen molar-refractivity contribution in [1.29, 1.82) is 0 Å². The number of nitrogens with zero attached hydrogens (tertiary/aromatic N) is 3. The molecule has 0 aliphatic carbocycles. The van der Waals surface area contributed by atoms with Gasteiger partial charge in [-0.05, 0) is 24.2 Å². The number of hydrogen-bond acceptors (Lipinski definition) is 6. The summed E-state index contributed by atoms with van der Waals surface area (Å²) < 4.78 is 5.75. The summed E-state index contributed by atoms with van der Waals surface area (Å²) in [6.07, 6.45) is 0.937. The van der Waals surface area contributed by atoms with Crippen LogP contribution in [0.5, 0.6) is 5.75 Å². The molecule has 138 valence electrons. The largest absolute Gasteiger partial charge is 0.491 e. The zero-order valence-corrected chi connectivity index (χ0v) is 15.4. The zero-order valence-electron chi connectivity index (χ0n) is 15.4. The summed E-state index contributed by atoms with van der Waals surface area (Å²) in [5.41, 5.74) is 10.2. The molecule has 1 aliphatic heterocycles. The van der Waals surface area contributed by atoms with Crippen LogP contribution in [0.3, 0.4) is 0 Å². The van der Waals surface area contributed by atoms with Crippen molar-refractivity contribution in [3.8, 4) is 5.75 Å². The minimum atomic E-state index is 0.261. The van der Waals surface area contributed by atoms with Crippen LogP contribution < -0.4 is 15.8 Å². The Balaban J connectivity index is 1.49. The summed E-state index contributed by atoms with van der Waals surface area (Å²) in [6, 6.07) is 18.4. The van der Waals surface area contributed by atoms with E-state index in [0.717, 1.165) is 36.7 Å². The third kappa shape index (κ3) is 4.17. The monoisotopic (exact) mass is 361 g/mol. The molecule has 0 saturated heterocycles. The first-order valence-corrected chi connectivity index (χ1v) is 9.05. The van der Waals surface area contributed by atoms with Gasteiger partial charge >= 0.3 is 0 Å². The Bertz CT molecular complexity index is 929. The van der Waals surface area contributed by atoms with Gasteiger partial charge in [-0.15, -0.1) is 0 Å². The van der Waals surface area contributed by atoms with E-state index in [-0.39, 0.29) is 5.95 Å². The molecule has 0 spiro atoms. The third-order valence-electron chi connectivity index (χ3n) is 4.50. The number of nitrogen functional groups attached to an aromatic ring is 1. The maximum Gasteiger partial charge on any atom is 0.222 e. The second-order valence-electron chi connectivity index (χ2n) is 6.78. The van der Waals surface area contributed by atoms with Crippen molar-refractivity contribution < 1.29 is 4.74 Å². The van der Waals surface area contributed by atoms with Crippen LogP contribution >= 0.6 is 0 Å². The van der Waals surface area contributed by atoms with Crippen molar-refractivity contribution in [1.82, 2.24) is 14.9 Å². The van der Waals surface area contributed by atoms with Gasteiger partial charge in [0.05, 0.1) is 18.0 Å². The highest BCUT2D eigenvalue weighted by molar-refractivity contribution is 5.67. The quantitative estimate of drug-likeness (QED) is 0.701. The fourth-order valence-electron chi connectivity index (χ4n) is 3.34. The molecule has 0 fully saturated rings. The molecule has 0 saturated carbocycles. The number of fused-ring (bicyclic) bond motifs is 1. The summed E-state index contributed by atoms with van der Waals surface area (Å²) in [6.45, 7) is 2.24. The molecular formula is C21H23N5O. The lowest BCUT2D eigenvalue weighted by Gasteiger charge is -2.17. The van der Waals surface area contributed by atoms with Crippen LogP contribution in [-0.2, 0) is 19.5 Å². The van der Waals surface area contributed by atoms with Gasteiger partial charge in [0, 0.05) is 25.6 Å². The number of benzene rings is 2. The van der Waals surface area contributed by atoms with E-state index in [1.54, 1.807) is 0 Å². The number of aromatic nitrogens is 2. The standard InChI is InChI=1S/C21H23N5O/c1-26(13-15-6-3-2-4-7-15)14-17-12-19(25-21(22)23-17)24-18-9-5-8-16-10-11-27-20(16)18/h2-9,12H,10-11,13-14H2,1H3,(H3,22,23,24,25). The summed E-state index contributed by atoms with van der Waals surface area (Å²) in [5, 5.41) is 3.33. The maximum atomic E-state index is 5.94. The molecule has 1 aliphatic rings. The number of para-hydroxylation sites is 1. The van der Waals surface area contributed by atoms with Gasteiger partial charge < -0.3 is 15.8 Å². The molecule has 0 bridgehead atoms. The third-order valence-corrected chi connectivity index (χ3v) is 4.50. The van der Waals surface area contributed by atoms with Gasteiger partial charge in [-0.1, -0.05) is 42.5 Å². The first kappa shape index (κ1) is 17.3. The molecule has 0 atom stereocenters. The van der Waals surface area contributed by atoms with Crippen molar-refractivity contribution in [3.63, 3.8) is 0 Å². The van der Waals surface area contributed by atoms with Gasteiger partial charge in [0.1, 0.15) is 11.6 Å². The second kappa shape index (κ2) is 7.63. The van der Waals surface area contributed by atoms with E-state index in [0.29, 0.717) is 12.4 Å². The zero-order chi connectivity index (χ0) is 18.6. The lowest BCUT2D eigenvalue weighted by Crippen LogP contribution is -2.18. The highest BCUT2D eigenvalue weighted by Gasteiger charge is 2.16. The van der Waals surface area contributed by atoms with Crippen LogP contribution in [0.15, 0.2) is 54.6 Å². The van der Waals surface area contributed by atoms with E-state index in [1.165, 1.54) is 11.1 Å². The number of nitrogens with two attached hydrogens (primary N) is 1. The minimum absolute atomic E-state index is 0.261. The predicted molar refractivity (Wildman–Crippen MR) is 107 cm³/mol. The van der Waals surface area contributed by atoms with E-state index >= 15 is 0 Å². The summed E-state index contributed by atoms with van der Waals surface area (Å²) in [4.78, 5) is 10.9. The number of rotatable bonds is 6. The van der Waals surface area contributed by atoms with Gasteiger partial charge in [0.15, 0.2) is 0 Å². The van der Waals surface area contributed by atoms with Gasteiger partial charge in [-0.2, -0.15) is 4.98 Å².